The van der Waals surface area contributed by atoms with Crippen LogP contribution in [0.3, 0.4) is 0 Å². The van der Waals surface area contributed by atoms with Crippen molar-refractivity contribution in [3.63, 3.8) is 0 Å². The minimum absolute atomic E-state index is 0.147. The molecule has 0 aliphatic carbocycles. The van der Waals surface area contributed by atoms with Gasteiger partial charge in [0.1, 0.15) is 5.75 Å². The summed E-state index contributed by atoms with van der Waals surface area (Å²) in [5.74, 6) is 0.635. The summed E-state index contributed by atoms with van der Waals surface area (Å²) in [5, 5.41) is 0.584. The molecule has 1 rings (SSSR count). The normalized spacial score (nSPS) is 12.6. The Kier molecular flexibility index (Phi) is 4.20. The van der Waals surface area contributed by atoms with Gasteiger partial charge in [-0.05, 0) is 17.7 Å². The molecule has 0 aliphatic rings. The van der Waals surface area contributed by atoms with Crippen molar-refractivity contribution in [2.75, 3.05) is 20.8 Å². The lowest BCUT2D eigenvalue weighted by molar-refractivity contribution is 0.181. The Balaban J connectivity index is 2.88. The molecule has 4 heteroatoms. The number of rotatable bonds is 4. The number of ether oxygens (including phenoxy) is 2. The maximum Gasteiger partial charge on any atom is 0.137 e. The van der Waals surface area contributed by atoms with Crippen LogP contribution in [-0.4, -0.2) is 20.8 Å². The highest BCUT2D eigenvalue weighted by Gasteiger charge is 2.08. The van der Waals surface area contributed by atoms with Gasteiger partial charge in [-0.1, -0.05) is 17.7 Å². The monoisotopic (exact) mass is 215 g/mol. The molecule has 14 heavy (non-hydrogen) atoms. The first kappa shape index (κ1) is 11.3. The maximum absolute atomic E-state index is 5.88. The Bertz CT molecular complexity index is 304. The zero-order valence-corrected chi connectivity index (χ0v) is 9.04. The SMILES string of the molecule is COC[C@H](N)c1ccc(Cl)c(OC)c1. The maximum atomic E-state index is 5.88. The Labute approximate surface area is 88.8 Å². The number of hydrogen-bond acceptors (Lipinski definition) is 3. The molecule has 2 N–H and O–H groups in total. The van der Waals surface area contributed by atoms with Crippen LogP contribution in [0, 0.1) is 0 Å². The summed E-state index contributed by atoms with van der Waals surface area (Å²) in [5.41, 5.74) is 6.81. The third kappa shape index (κ3) is 2.61. The molecular formula is C10H14ClNO2. The van der Waals surface area contributed by atoms with Crippen LogP contribution in [0.5, 0.6) is 5.75 Å². The topological polar surface area (TPSA) is 44.5 Å². The minimum Gasteiger partial charge on any atom is -0.495 e. The molecule has 0 amide bonds. The highest BCUT2D eigenvalue weighted by Crippen LogP contribution is 2.27. The molecule has 0 saturated heterocycles. The van der Waals surface area contributed by atoms with Crippen molar-refractivity contribution in [3.8, 4) is 5.75 Å². The second-order valence-electron chi connectivity index (χ2n) is 2.96. The second kappa shape index (κ2) is 5.20. The summed E-state index contributed by atoms with van der Waals surface area (Å²) in [6.07, 6.45) is 0. The number of nitrogens with two attached hydrogens (primary N) is 1. The molecule has 78 valence electrons. The van der Waals surface area contributed by atoms with Crippen molar-refractivity contribution >= 4 is 11.6 Å². The number of methoxy groups -OCH3 is 2. The fourth-order valence-electron chi connectivity index (χ4n) is 1.18. The molecule has 1 aromatic rings. The summed E-state index contributed by atoms with van der Waals surface area (Å²) < 4.78 is 10.0. The van der Waals surface area contributed by atoms with E-state index < -0.39 is 0 Å². The van der Waals surface area contributed by atoms with Gasteiger partial charge in [-0.3, -0.25) is 0 Å². The molecule has 1 atom stereocenters. The predicted octanol–water partition coefficient (Wildman–Crippen LogP) is 1.99. The Morgan fingerprint density at radius 3 is 2.71 bits per heavy atom. The molecule has 0 radical (unpaired) electrons. The lowest BCUT2D eigenvalue weighted by Gasteiger charge is -2.12. The van der Waals surface area contributed by atoms with E-state index in [0.717, 1.165) is 5.56 Å². The van der Waals surface area contributed by atoms with Crippen molar-refractivity contribution in [2.24, 2.45) is 5.73 Å². The van der Waals surface area contributed by atoms with Gasteiger partial charge in [0.05, 0.1) is 24.8 Å². The van der Waals surface area contributed by atoms with Crippen LogP contribution in [0.25, 0.3) is 0 Å². The third-order valence-corrected chi connectivity index (χ3v) is 2.26. The van der Waals surface area contributed by atoms with Gasteiger partial charge in [0, 0.05) is 7.11 Å². The first-order chi connectivity index (χ1) is 6.69. The molecule has 0 spiro atoms. The van der Waals surface area contributed by atoms with E-state index >= 15 is 0 Å². The number of hydrogen-bond donors (Lipinski definition) is 1. The summed E-state index contributed by atoms with van der Waals surface area (Å²) >= 11 is 5.88. The van der Waals surface area contributed by atoms with Gasteiger partial charge >= 0.3 is 0 Å². The molecule has 0 saturated carbocycles. The van der Waals surface area contributed by atoms with Crippen molar-refractivity contribution in [2.45, 2.75) is 6.04 Å². The van der Waals surface area contributed by atoms with Crippen LogP contribution < -0.4 is 10.5 Å². The van der Waals surface area contributed by atoms with Gasteiger partial charge in [0.2, 0.25) is 0 Å². The van der Waals surface area contributed by atoms with Crippen LogP contribution in [0.15, 0.2) is 18.2 Å². The van der Waals surface area contributed by atoms with Crippen LogP contribution in [0.1, 0.15) is 11.6 Å². The van der Waals surface area contributed by atoms with E-state index in [1.54, 1.807) is 20.3 Å². The van der Waals surface area contributed by atoms with E-state index in [1.165, 1.54) is 0 Å². The zero-order chi connectivity index (χ0) is 10.6. The molecule has 0 aliphatic heterocycles. The minimum atomic E-state index is -0.147. The average molecular weight is 216 g/mol. The van der Waals surface area contributed by atoms with Gasteiger partial charge < -0.3 is 15.2 Å². The van der Waals surface area contributed by atoms with E-state index in [2.05, 4.69) is 0 Å². The Hall–Kier alpha value is -0.770. The smallest absolute Gasteiger partial charge is 0.137 e. The van der Waals surface area contributed by atoms with E-state index in [0.29, 0.717) is 17.4 Å². The second-order valence-corrected chi connectivity index (χ2v) is 3.36. The van der Waals surface area contributed by atoms with Gasteiger partial charge in [-0.15, -0.1) is 0 Å². The van der Waals surface area contributed by atoms with Crippen LogP contribution in [0.4, 0.5) is 0 Å². The molecule has 0 unspecified atom stereocenters. The molecule has 1 aromatic carbocycles. The molecule has 3 nitrogen and oxygen atoms in total. The van der Waals surface area contributed by atoms with Gasteiger partial charge in [-0.25, -0.2) is 0 Å². The quantitative estimate of drug-likeness (QED) is 0.836. The highest BCUT2D eigenvalue weighted by atomic mass is 35.5. The summed E-state index contributed by atoms with van der Waals surface area (Å²) in [6.45, 7) is 0.477. The molecular weight excluding hydrogens is 202 g/mol. The summed E-state index contributed by atoms with van der Waals surface area (Å²) in [6, 6.07) is 5.32. The zero-order valence-electron chi connectivity index (χ0n) is 8.29. The van der Waals surface area contributed by atoms with E-state index in [-0.39, 0.29) is 6.04 Å². The third-order valence-electron chi connectivity index (χ3n) is 1.95. The van der Waals surface area contributed by atoms with Crippen molar-refractivity contribution in [3.05, 3.63) is 28.8 Å². The van der Waals surface area contributed by atoms with E-state index in [4.69, 9.17) is 26.8 Å². The fourth-order valence-corrected chi connectivity index (χ4v) is 1.38. The van der Waals surface area contributed by atoms with Crippen LogP contribution in [-0.2, 0) is 4.74 Å². The summed E-state index contributed by atoms with van der Waals surface area (Å²) in [4.78, 5) is 0. The average Bonchev–Trinajstić information content (AvgIpc) is 2.19. The van der Waals surface area contributed by atoms with Gasteiger partial charge in [0.25, 0.3) is 0 Å². The highest BCUT2D eigenvalue weighted by molar-refractivity contribution is 6.32. The standard InChI is InChI=1S/C10H14ClNO2/c1-13-6-9(12)7-3-4-8(11)10(5-7)14-2/h3-5,9H,6,12H2,1-2H3/t9-/m0/s1. The first-order valence-electron chi connectivity index (χ1n) is 4.27. The van der Waals surface area contributed by atoms with Crippen molar-refractivity contribution in [1.29, 1.82) is 0 Å². The lowest BCUT2D eigenvalue weighted by atomic mass is 10.1. The van der Waals surface area contributed by atoms with Gasteiger partial charge in [-0.2, -0.15) is 0 Å². The number of benzene rings is 1. The van der Waals surface area contributed by atoms with Crippen LogP contribution in [0.2, 0.25) is 5.02 Å². The summed E-state index contributed by atoms with van der Waals surface area (Å²) in [7, 11) is 3.19. The van der Waals surface area contributed by atoms with Crippen molar-refractivity contribution in [1.82, 2.24) is 0 Å². The lowest BCUT2D eigenvalue weighted by Crippen LogP contribution is -2.15. The van der Waals surface area contributed by atoms with E-state index in [1.807, 2.05) is 12.1 Å². The molecule has 0 aromatic heterocycles. The molecule has 0 bridgehead atoms. The largest absolute Gasteiger partial charge is 0.495 e. The molecule has 0 heterocycles. The van der Waals surface area contributed by atoms with Gasteiger partial charge in [0.15, 0.2) is 0 Å². The Morgan fingerprint density at radius 2 is 2.14 bits per heavy atom. The Morgan fingerprint density at radius 1 is 1.43 bits per heavy atom. The van der Waals surface area contributed by atoms with E-state index in [9.17, 15) is 0 Å². The molecule has 0 fully saturated rings. The predicted molar refractivity (Wildman–Crippen MR) is 56.8 cm³/mol. The van der Waals surface area contributed by atoms with Crippen molar-refractivity contribution < 1.29 is 9.47 Å². The first-order valence-corrected chi connectivity index (χ1v) is 4.64. The number of halogens is 1. The van der Waals surface area contributed by atoms with Crippen LogP contribution >= 0.6 is 11.6 Å². The fraction of sp³-hybridized carbons (Fsp3) is 0.400.